The zero-order chi connectivity index (χ0) is 13.0. The van der Waals surface area contributed by atoms with E-state index in [9.17, 15) is 4.79 Å². The molecule has 1 saturated heterocycles. The van der Waals surface area contributed by atoms with Crippen molar-refractivity contribution in [3.05, 3.63) is 29.8 Å². The van der Waals surface area contributed by atoms with E-state index in [2.05, 4.69) is 0 Å². The number of rotatable bonds is 4. The summed E-state index contributed by atoms with van der Waals surface area (Å²) in [6.07, 6.45) is 2.60. The molecule has 3 heteroatoms. The van der Waals surface area contributed by atoms with Gasteiger partial charge in [-0.15, -0.1) is 0 Å². The van der Waals surface area contributed by atoms with E-state index in [1.165, 1.54) is 0 Å². The molecule has 1 heterocycles. The highest BCUT2D eigenvalue weighted by molar-refractivity contribution is 5.81. The van der Waals surface area contributed by atoms with E-state index < -0.39 is 0 Å². The van der Waals surface area contributed by atoms with Crippen LogP contribution in [0.3, 0.4) is 0 Å². The second-order valence-electron chi connectivity index (χ2n) is 4.81. The van der Waals surface area contributed by atoms with Gasteiger partial charge in [-0.1, -0.05) is 25.1 Å². The highest BCUT2D eigenvalue weighted by Crippen LogP contribution is 2.20. The summed E-state index contributed by atoms with van der Waals surface area (Å²) in [5.74, 6) is 0.954. The van der Waals surface area contributed by atoms with Crippen molar-refractivity contribution in [3.63, 3.8) is 0 Å². The summed E-state index contributed by atoms with van der Waals surface area (Å²) in [4.78, 5) is 14.2. The van der Waals surface area contributed by atoms with E-state index in [4.69, 9.17) is 4.74 Å². The minimum Gasteiger partial charge on any atom is -0.480 e. The number of carbonyl (C=O) groups excluding carboxylic acids is 1. The van der Waals surface area contributed by atoms with Crippen LogP contribution in [0.25, 0.3) is 0 Å². The van der Waals surface area contributed by atoms with Gasteiger partial charge in [0.25, 0.3) is 5.91 Å². The molecular formula is C15H21NO2. The molecule has 1 atom stereocenters. The minimum atomic E-state index is -0.343. The maximum atomic E-state index is 12.3. The number of nitrogens with zero attached hydrogens (tertiary/aromatic N) is 1. The number of benzene rings is 1. The molecule has 0 N–H and O–H groups in total. The van der Waals surface area contributed by atoms with Crippen molar-refractivity contribution >= 4 is 5.91 Å². The summed E-state index contributed by atoms with van der Waals surface area (Å²) in [5, 5.41) is 0. The van der Waals surface area contributed by atoms with Crippen molar-refractivity contribution in [1.82, 2.24) is 4.90 Å². The summed E-state index contributed by atoms with van der Waals surface area (Å²) in [5.41, 5.74) is 1.07. The Morgan fingerprint density at radius 1 is 1.33 bits per heavy atom. The zero-order valence-corrected chi connectivity index (χ0v) is 11.2. The lowest BCUT2D eigenvalue weighted by molar-refractivity contribution is -0.137. The number of amides is 1. The zero-order valence-electron chi connectivity index (χ0n) is 11.2. The number of para-hydroxylation sites is 1. The molecular weight excluding hydrogens is 226 g/mol. The molecule has 18 heavy (non-hydrogen) atoms. The first-order chi connectivity index (χ1) is 8.72. The van der Waals surface area contributed by atoms with Gasteiger partial charge in [0, 0.05) is 13.1 Å². The normalized spacial score (nSPS) is 16.7. The minimum absolute atomic E-state index is 0.137. The molecule has 1 aromatic rings. The molecule has 0 saturated carbocycles. The number of hydrogen-bond acceptors (Lipinski definition) is 2. The van der Waals surface area contributed by atoms with Crippen LogP contribution < -0.4 is 4.74 Å². The third kappa shape index (κ3) is 2.84. The van der Waals surface area contributed by atoms with Crippen molar-refractivity contribution in [2.45, 2.75) is 39.2 Å². The second-order valence-corrected chi connectivity index (χ2v) is 4.81. The Hall–Kier alpha value is -1.51. The summed E-state index contributed by atoms with van der Waals surface area (Å²) in [7, 11) is 0. The van der Waals surface area contributed by atoms with E-state index in [1.54, 1.807) is 0 Å². The number of likely N-dealkylation sites (tertiary alicyclic amines) is 1. The molecule has 0 aliphatic carbocycles. The Bertz CT molecular complexity index is 411. The van der Waals surface area contributed by atoms with Crippen LogP contribution in [-0.2, 0) is 4.79 Å². The predicted molar refractivity (Wildman–Crippen MR) is 71.7 cm³/mol. The van der Waals surface area contributed by atoms with Gasteiger partial charge in [0.05, 0.1) is 0 Å². The van der Waals surface area contributed by atoms with Crippen LogP contribution >= 0.6 is 0 Å². The van der Waals surface area contributed by atoms with Crippen molar-refractivity contribution in [3.8, 4) is 5.75 Å². The van der Waals surface area contributed by atoms with E-state index in [1.807, 2.05) is 43.0 Å². The monoisotopic (exact) mass is 247 g/mol. The maximum absolute atomic E-state index is 12.3. The SMILES string of the molecule is CCC(Oc1ccccc1C)C(=O)N1CCCC1. The summed E-state index contributed by atoms with van der Waals surface area (Å²) in [6, 6.07) is 7.85. The van der Waals surface area contributed by atoms with Crippen LogP contribution in [-0.4, -0.2) is 30.0 Å². The average Bonchev–Trinajstić information content (AvgIpc) is 2.91. The van der Waals surface area contributed by atoms with Crippen molar-refractivity contribution in [2.75, 3.05) is 13.1 Å². The van der Waals surface area contributed by atoms with Crippen molar-refractivity contribution in [2.24, 2.45) is 0 Å². The van der Waals surface area contributed by atoms with Gasteiger partial charge in [-0.25, -0.2) is 0 Å². The van der Waals surface area contributed by atoms with Crippen LogP contribution in [0.4, 0.5) is 0 Å². The smallest absolute Gasteiger partial charge is 0.263 e. The molecule has 1 fully saturated rings. The lowest BCUT2D eigenvalue weighted by atomic mass is 10.2. The highest BCUT2D eigenvalue weighted by atomic mass is 16.5. The fourth-order valence-corrected chi connectivity index (χ4v) is 2.29. The van der Waals surface area contributed by atoms with E-state index >= 15 is 0 Å². The van der Waals surface area contributed by atoms with Crippen LogP contribution in [0.2, 0.25) is 0 Å². The Labute approximate surface area is 109 Å². The first-order valence-electron chi connectivity index (χ1n) is 6.73. The Morgan fingerprint density at radius 2 is 2.00 bits per heavy atom. The summed E-state index contributed by atoms with van der Waals surface area (Å²) >= 11 is 0. The predicted octanol–water partition coefficient (Wildman–Crippen LogP) is 2.77. The standard InChI is InChI=1S/C15H21NO2/c1-3-13(15(17)16-10-6-7-11-16)18-14-9-5-4-8-12(14)2/h4-5,8-9,13H,3,6-7,10-11H2,1-2H3. The molecule has 0 aromatic heterocycles. The highest BCUT2D eigenvalue weighted by Gasteiger charge is 2.26. The van der Waals surface area contributed by atoms with Gasteiger partial charge in [0.15, 0.2) is 6.10 Å². The molecule has 3 nitrogen and oxygen atoms in total. The van der Waals surface area contributed by atoms with Crippen LogP contribution in [0, 0.1) is 6.92 Å². The van der Waals surface area contributed by atoms with Gasteiger partial charge in [-0.3, -0.25) is 4.79 Å². The molecule has 2 rings (SSSR count). The van der Waals surface area contributed by atoms with Crippen molar-refractivity contribution < 1.29 is 9.53 Å². The maximum Gasteiger partial charge on any atom is 0.263 e. The molecule has 1 aliphatic rings. The third-order valence-corrected chi connectivity index (χ3v) is 3.43. The largest absolute Gasteiger partial charge is 0.480 e. The Kier molecular flexibility index (Phi) is 4.24. The molecule has 0 radical (unpaired) electrons. The Morgan fingerprint density at radius 3 is 2.61 bits per heavy atom. The first-order valence-corrected chi connectivity index (χ1v) is 6.73. The fraction of sp³-hybridized carbons (Fsp3) is 0.533. The molecule has 1 unspecified atom stereocenters. The molecule has 0 spiro atoms. The fourth-order valence-electron chi connectivity index (χ4n) is 2.29. The Balaban J connectivity index is 2.05. The molecule has 98 valence electrons. The van der Waals surface area contributed by atoms with E-state index in [0.717, 1.165) is 37.2 Å². The summed E-state index contributed by atoms with van der Waals surface area (Å²) in [6.45, 7) is 5.76. The van der Waals surface area contributed by atoms with Gasteiger partial charge in [0.2, 0.25) is 0 Å². The topological polar surface area (TPSA) is 29.5 Å². The summed E-state index contributed by atoms with van der Waals surface area (Å²) < 4.78 is 5.88. The second kappa shape index (κ2) is 5.89. The van der Waals surface area contributed by atoms with E-state index in [0.29, 0.717) is 6.42 Å². The van der Waals surface area contributed by atoms with Crippen LogP contribution in [0.5, 0.6) is 5.75 Å². The number of aryl methyl sites for hydroxylation is 1. The van der Waals surface area contributed by atoms with Gasteiger partial charge in [-0.2, -0.15) is 0 Å². The van der Waals surface area contributed by atoms with E-state index in [-0.39, 0.29) is 12.0 Å². The number of carbonyl (C=O) groups is 1. The van der Waals surface area contributed by atoms with Crippen LogP contribution in [0.15, 0.2) is 24.3 Å². The third-order valence-electron chi connectivity index (χ3n) is 3.43. The van der Waals surface area contributed by atoms with Gasteiger partial charge in [-0.05, 0) is 37.8 Å². The van der Waals surface area contributed by atoms with Gasteiger partial charge < -0.3 is 9.64 Å². The number of ether oxygens (including phenoxy) is 1. The first kappa shape index (κ1) is 12.9. The quantitative estimate of drug-likeness (QED) is 0.818. The lowest BCUT2D eigenvalue weighted by Crippen LogP contribution is -2.40. The van der Waals surface area contributed by atoms with Gasteiger partial charge >= 0.3 is 0 Å². The van der Waals surface area contributed by atoms with Crippen LogP contribution in [0.1, 0.15) is 31.7 Å². The molecule has 1 aliphatic heterocycles. The molecule has 1 aromatic carbocycles. The molecule has 1 amide bonds. The number of hydrogen-bond donors (Lipinski definition) is 0. The van der Waals surface area contributed by atoms with Crippen molar-refractivity contribution in [1.29, 1.82) is 0 Å². The average molecular weight is 247 g/mol. The lowest BCUT2D eigenvalue weighted by Gasteiger charge is -2.23. The van der Waals surface area contributed by atoms with Gasteiger partial charge in [0.1, 0.15) is 5.75 Å². The molecule has 0 bridgehead atoms.